The van der Waals surface area contributed by atoms with E-state index in [4.69, 9.17) is 10.2 Å². The number of anilines is 2. The van der Waals surface area contributed by atoms with E-state index in [-0.39, 0.29) is 13.2 Å². The summed E-state index contributed by atoms with van der Waals surface area (Å²) in [6.07, 6.45) is 1.77. The van der Waals surface area contributed by atoms with Gasteiger partial charge >= 0.3 is 0 Å². The molecule has 0 radical (unpaired) electrons. The third-order valence-electron chi connectivity index (χ3n) is 2.29. The molecule has 1 heterocycles. The molecule has 0 atom stereocenters. The fourth-order valence-corrected chi connectivity index (χ4v) is 1.39. The van der Waals surface area contributed by atoms with Crippen LogP contribution in [0.25, 0.3) is 0 Å². The summed E-state index contributed by atoms with van der Waals surface area (Å²) in [4.78, 5) is 8.64. The molecule has 0 spiro atoms. The molecule has 6 heteroatoms. The van der Waals surface area contributed by atoms with E-state index in [1.165, 1.54) is 0 Å². The Labute approximate surface area is 101 Å². The Balaban J connectivity index is 2.85. The Morgan fingerprint density at radius 3 is 2.41 bits per heavy atom. The zero-order chi connectivity index (χ0) is 12.7. The van der Waals surface area contributed by atoms with Crippen molar-refractivity contribution in [2.24, 2.45) is 0 Å². The van der Waals surface area contributed by atoms with Crippen molar-refractivity contribution in [3.05, 3.63) is 11.9 Å². The predicted molar refractivity (Wildman–Crippen MR) is 67.2 cm³/mol. The third-order valence-corrected chi connectivity index (χ3v) is 2.29. The monoisotopic (exact) mass is 240 g/mol. The molecular formula is C11H20N4O2. The van der Waals surface area contributed by atoms with Crippen LogP contribution in [-0.2, 0) is 6.42 Å². The quantitative estimate of drug-likeness (QED) is 0.546. The number of nitrogens with zero attached hydrogens (tertiary/aromatic N) is 2. The van der Waals surface area contributed by atoms with E-state index in [9.17, 15) is 0 Å². The summed E-state index contributed by atoms with van der Waals surface area (Å²) in [7, 11) is 1.79. The molecule has 0 aliphatic carbocycles. The van der Waals surface area contributed by atoms with Gasteiger partial charge < -0.3 is 20.8 Å². The summed E-state index contributed by atoms with van der Waals surface area (Å²) >= 11 is 0. The molecule has 1 rings (SSSR count). The highest BCUT2D eigenvalue weighted by atomic mass is 16.3. The van der Waals surface area contributed by atoms with Crippen molar-refractivity contribution in [1.82, 2.24) is 9.97 Å². The van der Waals surface area contributed by atoms with Gasteiger partial charge in [0, 0.05) is 19.5 Å². The third kappa shape index (κ3) is 4.16. The van der Waals surface area contributed by atoms with Crippen LogP contribution in [-0.4, -0.2) is 46.5 Å². The Morgan fingerprint density at radius 2 is 1.88 bits per heavy atom. The fourth-order valence-electron chi connectivity index (χ4n) is 1.39. The number of hydrogen-bond donors (Lipinski definition) is 4. The topological polar surface area (TPSA) is 90.3 Å². The highest BCUT2D eigenvalue weighted by Crippen LogP contribution is 2.12. The van der Waals surface area contributed by atoms with Crippen LogP contribution < -0.4 is 10.6 Å². The van der Waals surface area contributed by atoms with E-state index in [1.807, 2.05) is 0 Å². The maximum absolute atomic E-state index is 9.00. The summed E-state index contributed by atoms with van der Waals surface area (Å²) in [5.41, 5.74) is 0. The molecule has 96 valence electrons. The minimum atomic E-state index is -0.399. The lowest BCUT2D eigenvalue weighted by Gasteiger charge is -2.15. The maximum Gasteiger partial charge on any atom is 0.133 e. The Bertz CT molecular complexity index is 342. The molecule has 1 aromatic rings. The summed E-state index contributed by atoms with van der Waals surface area (Å²) in [5, 5.41) is 23.9. The molecule has 1 aromatic heterocycles. The summed E-state index contributed by atoms with van der Waals surface area (Å²) in [5.74, 6) is 2.08. The molecule has 0 aliphatic heterocycles. The maximum atomic E-state index is 9.00. The van der Waals surface area contributed by atoms with Crippen molar-refractivity contribution in [2.45, 2.75) is 25.8 Å². The van der Waals surface area contributed by atoms with Gasteiger partial charge in [-0.05, 0) is 6.42 Å². The first-order chi connectivity index (χ1) is 8.23. The second kappa shape index (κ2) is 7.03. The van der Waals surface area contributed by atoms with Crippen LogP contribution >= 0.6 is 0 Å². The summed E-state index contributed by atoms with van der Waals surface area (Å²) in [6, 6.07) is 1.35. The Kier molecular flexibility index (Phi) is 5.65. The lowest BCUT2D eigenvalue weighted by Crippen LogP contribution is -2.28. The van der Waals surface area contributed by atoms with Gasteiger partial charge in [0.1, 0.15) is 17.5 Å². The van der Waals surface area contributed by atoms with Gasteiger partial charge in [-0.1, -0.05) is 6.92 Å². The second-order valence-electron chi connectivity index (χ2n) is 3.76. The molecule has 4 N–H and O–H groups in total. The lowest BCUT2D eigenvalue weighted by atomic mass is 10.3. The van der Waals surface area contributed by atoms with Gasteiger partial charge in [0.05, 0.1) is 19.3 Å². The van der Waals surface area contributed by atoms with Crippen LogP contribution in [0.1, 0.15) is 19.2 Å². The number of aliphatic hydroxyl groups is 2. The summed E-state index contributed by atoms with van der Waals surface area (Å²) in [6.45, 7) is 1.78. The number of nitrogens with one attached hydrogen (secondary N) is 2. The highest BCUT2D eigenvalue weighted by Gasteiger charge is 2.08. The van der Waals surface area contributed by atoms with E-state index in [0.29, 0.717) is 5.82 Å². The molecule has 0 amide bonds. The first-order valence-corrected chi connectivity index (χ1v) is 5.77. The molecule has 0 unspecified atom stereocenters. The van der Waals surface area contributed by atoms with Gasteiger partial charge in [0.25, 0.3) is 0 Å². The van der Waals surface area contributed by atoms with Gasteiger partial charge in [-0.25, -0.2) is 9.97 Å². The van der Waals surface area contributed by atoms with Gasteiger partial charge in [-0.2, -0.15) is 0 Å². The van der Waals surface area contributed by atoms with E-state index < -0.39 is 6.04 Å². The zero-order valence-electron chi connectivity index (χ0n) is 10.3. The average Bonchev–Trinajstić information content (AvgIpc) is 2.36. The number of aliphatic hydroxyl groups excluding tert-OH is 2. The largest absolute Gasteiger partial charge is 0.394 e. The molecule has 0 aliphatic rings. The molecule has 17 heavy (non-hydrogen) atoms. The molecule has 0 bridgehead atoms. The van der Waals surface area contributed by atoms with Crippen LogP contribution in [0.3, 0.4) is 0 Å². The smallest absolute Gasteiger partial charge is 0.133 e. The highest BCUT2D eigenvalue weighted by molar-refractivity contribution is 5.47. The molecule has 0 fully saturated rings. The predicted octanol–water partition coefficient (Wildman–Crippen LogP) is 0.236. The first kappa shape index (κ1) is 13.7. The second-order valence-corrected chi connectivity index (χ2v) is 3.76. The molecule has 0 aromatic carbocycles. The SMILES string of the molecule is CCCc1nc(NC)cc(NC(CO)CO)n1. The average molecular weight is 240 g/mol. The zero-order valence-corrected chi connectivity index (χ0v) is 10.3. The molecule has 0 saturated heterocycles. The van der Waals surface area contributed by atoms with Crippen molar-refractivity contribution in [1.29, 1.82) is 0 Å². The Morgan fingerprint density at radius 1 is 1.24 bits per heavy atom. The van der Waals surface area contributed by atoms with Gasteiger partial charge in [-0.15, -0.1) is 0 Å². The minimum Gasteiger partial charge on any atom is -0.394 e. The van der Waals surface area contributed by atoms with Crippen LogP contribution in [0, 0.1) is 0 Å². The van der Waals surface area contributed by atoms with Crippen molar-refractivity contribution in [2.75, 3.05) is 30.9 Å². The van der Waals surface area contributed by atoms with E-state index >= 15 is 0 Å². The van der Waals surface area contributed by atoms with Crippen molar-refractivity contribution >= 4 is 11.6 Å². The van der Waals surface area contributed by atoms with E-state index in [2.05, 4.69) is 27.5 Å². The van der Waals surface area contributed by atoms with Gasteiger partial charge in [0.2, 0.25) is 0 Å². The lowest BCUT2D eigenvalue weighted by molar-refractivity contribution is 0.203. The molecule has 0 saturated carbocycles. The number of aromatic nitrogens is 2. The number of rotatable bonds is 7. The number of aryl methyl sites for hydroxylation is 1. The molecule has 6 nitrogen and oxygen atoms in total. The summed E-state index contributed by atoms with van der Waals surface area (Å²) < 4.78 is 0. The van der Waals surface area contributed by atoms with Crippen LogP contribution in [0.4, 0.5) is 11.6 Å². The van der Waals surface area contributed by atoms with Crippen molar-refractivity contribution < 1.29 is 10.2 Å². The van der Waals surface area contributed by atoms with Crippen molar-refractivity contribution in [3.8, 4) is 0 Å². The van der Waals surface area contributed by atoms with Gasteiger partial charge in [0.15, 0.2) is 0 Å². The fraction of sp³-hybridized carbons (Fsp3) is 0.636. The minimum absolute atomic E-state index is 0.140. The van der Waals surface area contributed by atoms with E-state index in [0.717, 1.165) is 24.5 Å². The van der Waals surface area contributed by atoms with Crippen molar-refractivity contribution in [3.63, 3.8) is 0 Å². The van der Waals surface area contributed by atoms with Crippen LogP contribution in [0.5, 0.6) is 0 Å². The van der Waals surface area contributed by atoms with Gasteiger partial charge in [-0.3, -0.25) is 0 Å². The molecular weight excluding hydrogens is 220 g/mol. The Hall–Kier alpha value is -1.40. The first-order valence-electron chi connectivity index (χ1n) is 5.77. The standard InChI is InChI=1S/C11H20N4O2/c1-3-4-9-14-10(12-2)5-11(15-9)13-8(6-16)7-17/h5,8,16-17H,3-4,6-7H2,1-2H3,(H2,12,13,14,15). The normalized spacial score (nSPS) is 10.6. The van der Waals surface area contributed by atoms with Crippen LogP contribution in [0.2, 0.25) is 0 Å². The van der Waals surface area contributed by atoms with Crippen LogP contribution in [0.15, 0.2) is 6.07 Å². The number of hydrogen-bond acceptors (Lipinski definition) is 6. The van der Waals surface area contributed by atoms with E-state index in [1.54, 1.807) is 13.1 Å².